The summed E-state index contributed by atoms with van der Waals surface area (Å²) in [6.45, 7) is 10.8. The Hall–Kier alpha value is -0.570. The van der Waals surface area contributed by atoms with Crippen molar-refractivity contribution < 1.29 is 0 Å². The minimum Gasteiger partial charge on any atom is -0.348 e. The van der Waals surface area contributed by atoms with E-state index in [4.69, 9.17) is 0 Å². The number of anilines is 1. The van der Waals surface area contributed by atoms with Crippen molar-refractivity contribution in [2.24, 2.45) is 5.92 Å². The van der Waals surface area contributed by atoms with Crippen LogP contribution < -0.4 is 4.90 Å². The Morgan fingerprint density at radius 1 is 1.60 bits per heavy atom. The molecular weight excluding hydrogens is 204 g/mol. The van der Waals surface area contributed by atoms with Crippen LogP contribution in [0.1, 0.15) is 37.5 Å². The van der Waals surface area contributed by atoms with Gasteiger partial charge in [0.05, 0.1) is 0 Å². The Kier molecular flexibility index (Phi) is 3.29. The third kappa shape index (κ3) is 2.51. The zero-order valence-corrected chi connectivity index (χ0v) is 10.4. The lowest BCUT2D eigenvalue weighted by molar-refractivity contribution is 0.482. The lowest BCUT2D eigenvalue weighted by atomic mass is 10.0. The van der Waals surface area contributed by atoms with E-state index in [1.807, 2.05) is 17.5 Å². The molecule has 83 valence electrons. The fourth-order valence-corrected chi connectivity index (χ4v) is 2.88. The first-order valence-electron chi connectivity index (χ1n) is 5.70. The molecule has 2 heterocycles. The summed E-state index contributed by atoms with van der Waals surface area (Å²) in [6.07, 6.45) is 4.54. The van der Waals surface area contributed by atoms with Crippen molar-refractivity contribution in [1.29, 1.82) is 0 Å². The summed E-state index contributed by atoms with van der Waals surface area (Å²) in [5, 5.41) is 1.19. The van der Waals surface area contributed by atoms with Gasteiger partial charge in [-0.3, -0.25) is 0 Å². The zero-order valence-electron chi connectivity index (χ0n) is 9.57. The van der Waals surface area contributed by atoms with Crippen LogP contribution in [-0.2, 0) is 0 Å². The molecule has 2 nitrogen and oxygen atoms in total. The van der Waals surface area contributed by atoms with Crippen molar-refractivity contribution in [3.05, 3.63) is 18.0 Å². The molecule has 0 unspecified atom stereocenters. The summed E-state index contributed by atoms with van der Waals surface area (Å²) >= 11 is 1.84. The predicted octanol–water partition coefficient (Wildman–Crippen LogP) is 3.32. The van der Waals surface area contributed by atoms with Gasteiger partial charge in [-0.2, -0.15) is 0 Å². The van der Waals surface area contributed by atoms with Crippen LogP contribution in [-0.4, -0.2) is 18.1 Å². The Balaban J connectivity index is 2.08. The average Bonchev–Trinajstić information content (AvgIpc) is 2.66. The van der Waals surface area contributed by atoms with Gasteiger partial charge >= 0.3 is 0 Å². The van der Waals surface area contributed by atoms with E-state index < -0.39 is 0 Å². The van der Waals surface area contributed by atoms with E-state index in [9.17, 15) is 0 Å². The predicted molar refractivity (Wildman–Crippen MR) is 66.5 cm³/mol. The first-order valence-corrected chi connectivity index (χ1v) is 6.52. The molecule has 0 bridgehead atoms. The molecule has 3 heteroatoms. The zero-order chi connectivity index (χ0) is 10.8. The third-order valence-corrected chi connectivity index (χ3v) is 4.23. The lowest BCUT2D eigenvalue weighted by Gasteiger charge is -2.30. The number of rotatable bonds is 2. The highest BCUT2D eigenvalue weighted by Crippen LogP contribution is 2.30. The molecule has 15 heavy (non-hydrogen) atoms. The van der Waals surface area contributed by atoms with Crippen LogP contribution >= 0.6 is 11.3 Å². The molecular formula is C12H19N2S. The van der Waals surface area contributed by atoms with Gasteiger partial charge in [0.25, 0.3) is 0 Å². The Morgan fingerprint density at radius 3 is 3.00 bits per heavy atom. The maximum atomic E-state index is 4.51. The van der Waals surface area contributed by atoms with E-state index in [0.717, 1.165) is 13.1 Å². The molecule has 1 aliphatic heterocycles. The van der Waals surface area contributed by atoms with Gasteiger partial charge in [0.2, 0.25) is 0 Å². The minimum absolute atomic E-state index is 0.574. The summed E-state index contributed by atoms with van der Waals surface area (Å²) in [6, 6.07) is 0. The minimum atomic E-state index is 0.574. The molecule has 1 radical (unpaired) electrons. The molecule has 0 saturated carbocycles. The first-order chi connectivity index (χ1) is 7.16. The molecule has 0 N–H and O–H groups in total. The van der Waals surface area contributed by atoms with Crippen LogP contribution in [0.25, 0.3) is 0 Å². The monoisotopic (exact) mass is 223 g/mol. The van der Waals surface area contributed by atoms with Gasteiger partial charge in [-0.05, 0) is 31.6 Å². The molecule has 0 aromatic carbocycles. The number of piperidine rings is 1. The van der Waals surface area contributed by atoms with Crippen LogP contribution in [0.4, 0.5) is 5.13 Å². The second kappa shape index (κ2) is 4.52. The van der Waals surface area contributed by atoms with Crippen molar-refractivity contribution in [3.63, 3.8) is 0 Å². The van der Waals surface area contributed by atoms with Crippen molar-refractivity contribution in [2.45, 2.75) is 32.6 Å². The molecule has 2 rings (SSSR count). The van der Waals surface area contributed by atoms with E-state index >= 15 is 0 Å². The van der Waals surface area contributed by atoms with Gasteiger partial charge in [-0.25, -0.2) is 4.98 Å². The molecule has 0 amide bonds. The molecule has 1 aromatic heterocycles. The van der Waals surface area contributed by atoms with Crippen LogP contribution in [0.5, 0.6) is 0 Å². The quantitative estimate of drug-likeness (QED) is 0.764. The van der Waals surface area contributed by atoms with Crippen molar-refractivity contribution in [1.82, 2.24) is 4.98 Å². The fourth-order valence-electron chi connectivity index (χ4n) is 1.93. The highest BCUT2D eigenvalue weighted by atomic mass is 32.1. The fraction of sp³-hybridized carbons (Fsp3) is 0.667. The van der Waals surface area contributed by atoms with Crippen LogP contribution in [0, 0.1) is 12.8 Å². The normalized spacial score (nSPS) is 22.4. The largest absolute Gasteiger partial charge is 0.348 e. The maximum absolute atomic E-state index is 4.51. The highest BCUT2D eigenvalue weighted by Gasteiger charge is 2.19. The molecule has 1 fully saturated rings. The van der Waals surface area contributed by atoms with Gasteiger partial charge in [0.1, 0.15) is 0 Å². The summed E-state index contributed by atoms with van der Waals surface area (Å²) in [4.78, 5) is 8.28. The van der Waals surface area contributed by atoms with Crippen molar-refractivity contribution in [2.75, 3.05) is 18.0 Å². The SMILES string of the molecule is [CH2][C@@H]1CCCN(c2ncc(C(C)C)s2)C1. The van der Waals surface area contributed by atoms with E-state index in [0.29, 0.717) is 11.8 Å². The second-order valence-corrected chi connectivity index (χ2v) is 5.69. The standard InChI is InChI=1S/C12H19N2S/c1-9(2)11-7-13-12(15-11)14-6-4-5-10(3)8-14/h7,9-10H,3-6,8H2,1-2H3/t10-/m1/s1. The molecule has 1 aliphatic rings. The van der Waals surface area contributed by atoms with Crippen molar-refractivity contribution in [3.8, 4) is 0 Å². The lowest BCUT2D eigenvalue weighted by Crippen LogP contribution is -2.34. The molecule has 1 aromatic rings. The molecule has 1 saturated heterocycles. The van der Waals surface area contributed by atoms with E-state index in [1.165, 1.54) is 22.9 Å². The molecule has 1 atom stereocenters. The molecule has 0 aliphatic carbocycles. The Labute approximate surface area is 96.3 Å². The molecule has 0 spiro atoms. The Morgan fingerprint density at radius 2 is 2.40 bits per heavy atom. The topological polar surface area (TPSA) is 16.1 Å². The number of thiazole rings is 1. The summed E-state index contributed by atoms with van der Waals surface area (Å²) in [5.41, 5.74) is 0. The van der Waals surface area contributed by atoms with Gasteiger partial charge in [0.15, 0.2) is 5.13 Å². The summed E-state index contributed by atoms with van der Waals surface area (Å²) in [7, 11) is 0. The number of hydrogen-bond acceptors (Lipinski definition) is 3. The third-order valence-electron chi connectivity index (χ3n) is 2.87. The highest BCUT2D eigenvalue weighted by molar-refractivity contribution is 7.15. The van der Waals surface area contributed by atoms with E-state index in [2.05, 4.69) is 30.7 Å². The average molecular weight is 223 g/mol. The first kappa shape index (κ1) is 10.9. The van der Waals surface area contributed by atoms with E-state index in [1.54, 1.807) is 0 Å². The summed E-state index contributed by atoms with van der Waals surface area (Å²) in [5.74, 6) is 1.17. The van der Waals surface area contributed by atoms with Crippen LogP contribution in [0.3, 0.4) is 0 Å². The second-order valence-electron chi connectivity index (χ2n) is 4.65. The number of hydrogen-bond donors (Lipinski definition) is 0. The van der Waals surface area contributed by atoms with Gasteiger partial charge in [-0.1, -0.05) is 13.8 Å². The number of aromatic nitrogens is 1. The number of nitrogens with zero attached hydrogens (tertiary/aromatic N) is 2. The van der Waals surface area contributed by atoms with E-state index in [-0.39, 0.29) is 0 Å². The maximum Gasteiger partial charge on any atom is 0.185 e. The van der Waals surface area contributed by atoms with Crippen molar-refractivity contribution >= 4 is 16.5 Å². The van der Waals surface area contributed by atoms with Gasteiger partial charge < -0.3 is 4.90 Å². The summed E-state index contributed by atoms with van der Waals surface area (Å²) < 4.78 is 0. The van der Waals surface area contributed by atoms with Crippen LogP contribution in [0.2, 0.25) is 0 Å². The Bertz CT molecular complexity index is 319. The van der Waals surface area contributed by atoms with Gasteiger partial charge in [-0.15, -0.1) is 11.3 Å². The van der Waals surface area contributed by atoms with Gasteiger partial charge in [0, 0.05) is 24.2 Å². The van der Waals surface area contributed by atoms with Crippen LogP contribution in [0.15, 0.2) is 6.20 Å². The smallest absolute Gasteiger partial charge is 0.185 e.